The molecule has 0 amide bonds. The molecule has 0 aliphatic heterocycles. The van der Waals surface area contributed by atoms with Crippen molar-refractivity contribution < 1.29 is 4.74 Å². The van der Waals surface area contributed by atoms with Crippen LogP contribution in [0, 0.1) is 0 Å². The molecule has 3 N–H and O–H groups in total. The Kier molecular flexibility index (Phi) is 4.29. The normalized spacial score (nSPS) is 10.2. The Labute approximate surface area is 114 Å². The monoisotopic (exact) mass is 256 g/mol. The number of aryl methyl sites for hydroxylation is 1. The summed E-state index contributed by atoms with van der Waals surface area (Å²) < 4.78 is 5.49. The number of anilines is 3. The summed E-state index contributed by atoms with van der Waals surface area (Å²) in [4.78, 5) is 0. The maximum Gasteiger partial charge on any atom is 0.144 e. The van der Waals surface area contributed by atoms with Gasteiger partial charge in [0.1, 0.15) is 5.75 Å². The molecule has 0 heterocycles. The standard InChI is InChI=1S/C16H20N2O/c1-3-12-6-5-7-13(10-12)18-14-8-9-15(17)16(11-14)19-4-2/h5-11,18H,3-4,17H2,1-2H3. The Hall–Kier alpha value is -2.16. The van der Waals surface area contributed by atoms with Crippen LogP contribution in [0.2, 0.25) is 0 Å². The minimum atomic E-state index is 0.610. The van der Waals surface area contributed by atoms with E-state index in [-0.39, 0.29) is 0 Å². The first kappa shape index (κ1) is 13.3. The maximum absolute atomic E-state index is 5.86. The fourth-order valence-electron chi connectivity index (χ4n) is 1.93. The molecule has 0 saturated carbocycles. The molecule has 19 heavy (non-hydrogen) atoms. The third-order valence-electron chi connectivity index (χ3n) is 2.94. The highest BCUT2D eigenvalue weighted by Crippen LogP contribution is 2.27. The van der Waals surface area contributed by atoms with Crippen molar-refractivity contribution in [2.75, 3.05) is 17.7 Å². The van der Waals surface area contributed by atoms with Crippen LogP contribution >= 0.6 is 0 Å². The lowest BCUT2D eigenvalue weighted by atomic mass is 10.1. The van der Waals surface area contributed by atoms with Gasteiger partial charge in [-0.1, -0.05) is 19.1 Å². The van der Waals surface area contributed by atoms with Crippen LogP contribution in [-0.4, -0.2) is 6.61 Å². The number of rotatable bonds is 5. The van der Waals surface area contributed by atoms with Crippen LogP contribution in [0.25, 0.3) is 0 Å². The number of hydrogen-bond donors (Lipinski definition) is 2. The van der Waals surface area contributed by atoms with Crippen LogP contribution in [0.4, 0.5) is 17.1 Å². The first-order valence-corrected chi connectivity index (χ1v) is 6.61. The van der Waals surface area contributed by atoms with Gasteiger partial charge in [-0.2, -0.15) is 0 Å². The van der Waals surface area contributed by atoms with E-state index in [1.54, 1.807) is 0 Å². The molecule has 0 spiro atoms. The highest BCUT2D eigenvalue weighted by Gasteiger charge is 2.02. The molecular formula is C16H20N2O. The van der Waals surface area contributed by atoms with Crippen molar-refractivity contribution in [1.82, 2.24) is 0 Å². The van der Waals surface area contributed by atoms with E-state index in [1.165, 1.54) is 5.56 Å². The van der Waals surface area contributed by atoms with E-state index in [2.05, 4.69) is 36.5 Å². The van der Waals surface area contributed by atoms with Crippen molar-refractivity contribution in [2.45, 2.75) is 20.3 Å². The van der Waals surface area contributed by atoms with E-state index in [1.807, 2.05) is 25.1 Å². The smallest absolute Gasteiger partial charge is 0.144 e. The maximum atomic E-state index is 5.86. The lowest BCUT2D eigenvalue weighted by molar-refractivity contribution is 0.342. The summed E-state index contributed by atoms with van der Waals surface area (Å²) in [5, 5.41) is 3.37. The molecule has 3 nitrogen and oxygen atoms in total. The topological polar surface area (TPSA) is 47.3 Å². The van der Waals surface area contributed by atoms with Gasteiger partial charge >= 0.3 is 0 Å². The lowest BCUT2D eigenvalue weighted by Gasteiger charge is -2.11. The Morgan fingerprint density at radius 1 is 1.05 bits per heavy atom. The fraction of sp³-hybridized carbons (Fsp3) is 0.250. The van der Waals surface area contributed by atoms with Crippen LogP contribution in [0.5, 0.6) is 5.75 Å². The molecule has 0 aliphatic carbocycles. The molecule has 2 aromatic carbocycles. The van der Waals surface area contributed by atoms with E-state index < -0.39 is 0 Å². The predicted molar refractivity (Wildman–Crippen MR) is 81.1 cm³/mol. The molecule has 0 unspecified atom stereocenters. The third-order valence-corrected chi connectivity index (χ3v) is 2.94. The number of ether oxygens (including phenoxy) is 1. The molecule has 100 valence electrons. The molecule has 0 aromatic heterocycles. The minimum Gasteiger partial charge on any atom is -0.492 e. The van der Waals surface area contributed by atoms with E-state index in [0.29, 0.717) is 12.3 Å². The van der Waals surface area contributed by atoms with Crippen LogP contribution in [-0.2, 0) is 6.42 Å². The Balaban J connectivity index is 2.20. The van der Waals surface area contributed by atoms with E-state index in [0.717, 1.165) is 23.5 Å². The van der Waals surface area contributed by atoms with Crippen LogP contribution < -0.4 is 15.8 Å². The minimum absolute atomic E-state index is 0.610. The second kappa shape index (κ2) is 6.14. The van der Waals surface area contributed by atoms with Gasteiger partial charge in [-0.15, -0.1) is 0 Å². The summed E-state index contributed by atoms with van der Waals surface area (Å²) >= 11 is 0. The number of benzene rings is 2. The summed E-state index contributed by atoms with van der Waals surface area (Å²) in [7, 11) is 0. The first-order valence-electron chi connectivity index (χ1n) is 6.61. The average Bonchev–Trinajstić information content (AvgIpc) is 2.43. The van der Waals surface area contributed by atoms with Crippen LogP contribution in [0.1, 0.15) is 19.4 Å². The molecule has 2 aromatic rings. The number of nitrogen functional groups attached to an aromatic ring is 1. The molecule has 2 rings (SSSR count). The second-order valence-electron chi connectivity index (χ2n) is 4.36. The summed E-state index contributed by atoms with van der Waals surface area (Å²) in [5.41, 5.74) is 9.89. The molecule has 3 heteroatoms. The van der Waals surface area contributed by atoms with E-state index >= 15 is 0 Å². The van der Waals surface area contributed by atoms with Crippen molar-refractivity contribution in [3.63, 3.8) is 0 Å². The fourth-order valence-corrected chi connectivity index (χ4v) is 1.93. The SMILES string of the molecule is CCOc1cc(Nc2cccc(CC)c2)ccc1N. The highest BCUT2D eigenvalue weighted by atomic mass is 16.5. The predicted octanol–water partition coefficient (Wildman–Crippen LogP) is 3.97. The molecule has 0 bridgehead atoms. The zero-order chi connectivity index (χ0) is 13.7. The van der Waals surface area contributed by atoms with Crippen LogP contribution in [0.3, 0.4) is 0 Å². The Bertz CT molecular complexity index is 552. The van der Waals surface area contributed by atoms with Gasteiger partial charge in [0.2, 0.25) is 0 Å². The van der Waals surface area contributed by atoms with Gasteiger partial charge in [-0.05, 0) is 43.2 Å². The highest BCUT2D eigenvalue weighted by molar-refractivity contribution is 5.67. The Morgan fingerprint density at radius 3 is 2.58 bits per heavy atom. The zero-order valence-electron chi connectivity index (χ0n) is 11.4. The van der Waals surface area contributed by atoms with Gasteiger partial charge in [-0.25, -0.2) is 0 Å². The number of nitrogens with one attached hydrogen (secondary N) is 1. The molecule has 0 fully saturated rings. The molecule has 0 aliphatic rings. The summed E-state index contributed by atoms with van der Waals surface area (Å²) in [6.45, 7) is 4.71. The quantitative estimate of drug-likeness (QED) is 0.796. The van der Waals surface area contributed by atoms with Gasteiger partial charge in [0.05, 0.1) is 12.3 Å². The van der Waals surface area contributed by atoms with Gasteiger partial charge in [0.15, 0.2) is 0 Å². The Morgan fingerprint density at radius 2 is 1.84 bits per heavy atom. The van der Waals surface area contributed by atoms with Crippen molar-refractivity contribution in [1.29, 1.82) is 0 Å². The van der Waals surface area contributed by atoms with E-state index in [9.17, 15) is 0 Å². The van der Waals surface area contributed by atoms with Gasteiger partial charge in [-0.3, -0.25) is 0 Å². The number of nitrogens with two attached hydrogens (primary N) is 1. The average molecular weight is 256 g/mol. The molecule has 0 atom stereocenters. The summed E-state index contributed by atoms with van der Waals surface area (Å²) in [6.07, 6.45) is 1.03. The molecule has 0 radical (unpaired) electrons. The van der Waals surface area contributed by atoms with Gasteiger partial charge in [0.25, 0.3) is 0 Å². The summed E-state index contributed by atoms with van der Waals surface area (Å²) in [6, 6.07) is 14.1. The van der Waals surface area contributed by atoms with Gasteiger partial charge in [0, 0.05) is 17.4 Å². The number of hydrogen-bond acceptors (Lipinski definition) is 3. The van der Waals surface area contributed by atoms with Crippen molar-refractivity contribution in [3.05, 3.63) is 48.0 Å². The zero-order valence-corrected chi connectivity index (χ0v) is 11.4. The third kappa shape index (κ3) is 3.41. The molecule has 0 saturated heterocycles. The lowest BCUT2D eigenvalue weighted by Crippen LogP contribution is -1.98. The van der Waals surface area contributed by atoms with Crippen molar-refractivity contribution in [2.24, 2.45) is 0 Å². The summed E-state index contributed by atoms with van der Waals surface area (Å²) in [5.74, 6) is 0.721. The molecular weight excluding hydrogens is 236 g/mol. The van der Waals surface area contributed by atoms with Gasteiger partial charge < -0.3 is 15.8 Å². The van der Waals surface area contributed by atoms with Crippen molar-refractivity contribution in [3.8, 4) is 5.75 Å². The van der Waals surface area contributed by atoms with Crippen molar-refractivity contribution >= 4 is 17.1 Å². The van der Waals surface area contributed by atoms with E-state index in [4.69, 9.17) is 10.5 Å². The second-order valence-corrected chi connectivity index (χ2v) is 4.36. The first-order chi connectivity index (χ1) is 9.22. The van der Waals surface area contributed by atoms with Crippen LogP contribution in [0.15, 0.2) is 42.5 Å². The largest absolute Gasteiger partial charge is 0.492 e.